The number of hydrogen-bond acceptors (Lipinski definition) is 3. The summed E-state index contributed by atoms with van der Waals surface area (Å²) in [6.07, 6.45) is 4.69. The second-order valence-corrected chi connectivity index (χ2v) is 8.43. The van der Waals surface area contributed by atoms with Crippen LogP contribution in [-0.4, -0.2) is 40.2 Å². The van der Waals surface area contributed by atoms with Crippen molar-refractivity contribution in [2.75, 3.05) is 23.7 Å². The lowest BCUT2D eigenvalue weighted by Gasteiger charge is -2.27. The minimum atomic E-state index is -0.165. The maximum Gasteiger partial charge on any atom is 0.240 e. The molecule has 0 saturated carbocycles. The van der Waals surface area contributed by atoms with Crippen LogP contribution < -0.4 is 10.2 Å². The first-order valence-corrected chi connectivity index (χ1v) is 11.2. The first kappa shape index (κ1) is 19.5. The van der Waals surface area contributed by atoms with Crippen LogP contribution in [0.2, 0.25) is 0 Å². The molecular weight excluding hydrogens is 408 g/mol. The van der Waals surface area contributed by atoms with E-state index in [2.05, 4.69) is 20.9 Å². The van der Waals surface area contributed by atoms with E-state index in [0.29, 0.717) is 12.3 Å². The molecule has 1 aliphatic rings. The van der Waals surface area contributed by atoms with Crippen LogP contribution in [0, 0.1) is 0 Å². The number of H-pyrrole nitrogens is 1. The average Bonchev–Trinajstić information content (AvgIpc) is 3.42. The van der Waals surface area contributed by atoms with Gasteiger partial charge in [0, 0.05) is 29.8 Å². The average molecular weight is 431 g/mol. The highest BCUT2D eigenvalue weighted by Gasteiger charge is 2.25. The highest BCUT2D eigenvalue weighted by molar-refractivity contribution is 7.99. The number of fused-ring (bicyclic) bond motifs is 4. The number of nitrogens with one attached hydrogen (secondary N) is 2. The van der Waals surface area contributed by atoms with Crippen molar-refractivity contribution in [3.05, 3.63) is 78.6 Å². The van der Waals surface area contributed by atoms with Gasteiger partial charge in [-0.2, -0.15) is 0 Å². The van der Waals surface area contributed by atoms with Crippen molar-refractivity contribution in [3.8, 4) is 5.69 Å². The molecule has 0 aliphatic carbocycles. The Labute approximate surface area is 184 Å². The molecule has 2 amide bonds. The lowest BCUT2D eigenvalue weighted by Crippen LogP contribution is -2.43. The van der Waals surface area contributed by atoms with Gasteiger partial charge in [-0.1, -0.05) is 42.1 Å². The predicted molar refractivity (Wildman–Crippen MR) is 124 cm³/mol. The van der Waals surface area contributed by atoms with Crippen molar-refractivity contribution >= 4 is 40.2 Å². The third-order valence-electron chi connectivity index (χ3n) is 5.48. The number of benzene rings is 2. The molecule has 156 valence electrons. The molecule has 0 fully saturated rings. The van der Waals surface area contributed by atoms with E-state index in [0.717, 1.165) is 28.3 Å². The molecule has 0 atom stereocenters. The lowest BCUT2D eigenvalue weighted by atomic mass is 10.1. The van der Waals surface area contributed by atoms with Gasteiger partial charge in [0.1, 0.15) is 6.54 Å². The SMILES string of the molecule is O=C(CN1C(=O)CSc2cccn2-c2ccccc21)NCCc1c[nH]c2ccccc12. The van der Waals surface area contributed by atoms with Crippen LogP contribution in [0.5, 0.6) is 0 Å². The summed E-state index contributed by atoms with van der Waals surface area (Å²) in [5, 5.41) is 5.16. The van der Waals surface area contributed by atoms with Gasteiger partial charge < -0.3 is 19.8 Å². The van der Waals surface area contributed by atoms with Gasteiger partial charge in [-0.15, -0.1) is 0 Å². The summed E-state index contributed by atoms with van der Waals surface area (Å²) < 4.78 is 2.06. The zero-order chi connectivity index (χ0) is 21.2. The Balaban J connectivity index is 1.30. The van der Waals surface area contributed by atoms with Gasteiger partial charge >= 0.3 is 0 Å². The van der Waals surface area contributed by atoms with Crippen LogP contribution in [0.25, 0.3) is 16.6 Å². The fourth-order valence-electron chi connectivity index (χ4n) is 3.97. The largest absolute Gasteiger partial charge is 0.361 e. The number of thioether (sulfide) groups is 1. The van der Waals surface area contributed by atoms with E-state index >= 15 is 0 Å². The van der Waals surface area contributed by atoms with Crippen molar-refractivity contribution < 1.29 is 9.59 Å². The molecule has 6 nitrogen and oxygen atoms in total. The summed E-state index contributed by atoms with van der Waals surface area (Å²) in [4.78, 5) is 30.5. The molecule has 2 N–H and O–H groups in total. The molecule has 0 radical (unpaired) electrons. The number of hydrogen-bond donors (Lipinski definition) is 2. The summed E-state index contributed by atoms with van der Waals surface area (Å²) in [6.45, 7) is 0.516. The summed E-state index contributed by atoms with van der Waals surface area (Å²) in [5.74, 6) is 0.0546. The summed E-state index contributed by atoms with van der Waals surface area (Å²) in [7, 11) is 0. The maximum atomic E-state index is 12.9. The van der Waals surface area contributed by atoms with Gasteiger partial charge in [-0.25, -0.2) is 0 Å². The van der Waals surface area contributed by atoms with E-state index in [4.69, 9.17) is 0 Å². The number of carbonyl (C=O) groups is 2. The molecule has 1 aliphatic heterocycles. The molecule has 5 rings (SSSR count). The molecule has 4 aromatic rings. The Morgan fingerprint density at radius 1 is 1.03 bits per heavy atom. The van der Waals surface area contributed by atoms with Crippen molar-refractivity contribution in [1.82, 2.24) is 14.9 Å². The third kappa shape index (κ3) is 3.84. The molecule has 0 spiro atoms. The molecule has 2 aromatic carbocycles. The Morgan fingerprint density at radius 3 is 2.74 bits per heavy atom. The molecule has 31 heavy (non-hydrogen) atoms. The minimum Gasteiger partial charge on any atom is -0.361 e. The highest BCUT2D eigenvalue weighted by atomic mass is 32.2. The number of nitrogens with zero attached hydrogens (tertiary/aromatic N) is 2. The number of anilines is 1. The Morgan fingerprint density at radius 2 is 1.84 bits per heavy atom. The van der Waals surface area contributed by atoms with Crippen molar-refractivity contribution in [3.63, 3.8) is 0 Å². The molecule has 3 heterocycles. The van der Waals surface area contributed by atoms with Crippen LogP contribution in [0.3, 0.4) is 0 Å². The first-order valence-electron chi connectivity index (χ1n) is 10.2. The molecule has 7 heteroatoms. The zero-order valence-corrected chi connectivity index (χ0v) is 17.7. The Bertz CT molecular complexity index is 1260. The van der Waals surface area contributed by atoms with Crippen LogP contribution >= 0.6 is 11.8 Å². The van der Waals surface area contributed by atoms with E-state index in [1.807, 2.05) is 67.0 Å². The highest BCUT2D eigenvalue weighted by Crippen LogP contribution is 2.32. The minimum absolute atomic E-state index is 0.000886. The second kappa shape index (κ2) is 8.35. The van der Waals surface area contributed by atoms with Crippen LogP contribution in [0.4, 0.5) is 5.69 Å². The van der Waals surface area contributed by atoms with Crippen LogP contribution in [-0.2, 0) is 16.0 Å². The molecule has 0 bridgehead atoms. The smallest absolute Gasteiger partial charge is 0.240 e. The number of para-hydroxylation sites is 3. The summed E-state index contributed by atoms with van der Waals surface area (Å²) in [6, 6.07) is 19.8. The van der Waals surface area contributed by atoms with E-state index in [-0.39, 0.29) is 18.4 Å². The predicted octanol–water partition coefficient (Wildman–Crippen LogP) is 3.76. The van der Waals surface area contributed by atoms with Gasteiger partial charge in [0.15, 0.2) is 0 Å². The molecule has 2 aromatic heterocycles. The number of aromatic amines is 1. The van der Waals surface area contributed by atoms with Gasteiger partial charge in [0.25, 0.3) is 0 Å². The lowest BCUT2D eigenvalue weighted by molar-refractivity contribution is -0.122. The second-order valence-electron chi connectivity index (χ2n) is 7.43. The summed E-state index contributed by atoms with van der Waals surface area (Å²) >= 11 is 1.49. The van der Waals surface area contributed by atoms with Gasteiger partial charge in [-0.3, -0.25) is 9.59 Å². The zero-order valence-electron chi connectivity index (χ0n) is 16.9. The van der Waals surface area contributed by atoms with E-state index in [9.17, 15) is 9.59 Å². The summed E-state index contributed by atoms with van der Waals surface area (Å²) in [5.41, 5.74) is 3.90. The van der Waals surface area contributed by atoms with Gasteiger partial charge in [-0.05, 0) is 42.3 Å². The molecule has 0 unspecified atom stereocenters. The van der Waals surface area contributed by atoms with Crippen LogP contribution in [0.1, 0.15) is 5.56 Å². The topological polar surface area (TPSA) is 70.1 Å². The van der Waals surface area contributed by atoms with E-state index < -0.39 is 0 Å². The fourth-order valence-corrected chi connectivity index (χ4v) is 4.87. The molecule has 0 saturated heterocycles. The number of aromatic nitrogens is 2. The monoisotopic (exact) mass is 430 g/mol. The maximum absolute atomic E-state index is 12.9. The van der Waals surface area contributed by atoms with Gasteiger partial charge in [0.2, 0.25) is 11.8 Å². The van der Waals surface area contributed by atoms with E-state index in [1.165, 1.54) is 22.7 Å². The number of amides is 2. The third-order valence-corrected chi connectivity index (χ3v) is 6.50. The number of rotatable bonds is 5. The van der Waals surface area contributed by atoms with Gasteiger partial charge in [0.05, 0.1) is 22.2 Å². The van der Waals surface area contributed by atoms with Crippen molar-refractivity contribution in [1.29, 1.82) is 0 Å². The van der Waals surface area contributed by atoms with Crippen molar-refractivity contribution in [2.45, 2.75) is 11.4 Å². The Hall–Kier alpha value is -3.45. The molecular formula is C24H22N4O2S. The Kier molecular flexibility index (Phi) is 5.26. The van der Waals surface area contributed by atoms with Crippen LogP contribution in [0.15, 0.2) is 78.1 Å². The quantitative estimate of drug-likeness (QED) is 0.507. The standard InChI is InChI=1S/C24H22N4O2S/c29-22(25-12-11-17-14-26-19-7-2-1-6-18(17)19)15-28-21-9-4-3-8-20(21)27-13-5-10-24(27)31-16-23(28)30/h1-10,13-14,26H,11-12,15-16H2,(H,25,29). The fraction of sp³-hybridized carbons (Fsp3) is 0.167. The first-order chi connectivity index (χ1) is 15.2. The normalized spacial score (nSPS) is 13.4. The van der Waals surface area contributed by atoms with Crippen molar-refractivity contribution in [2.24, 2.45) is 0 Å². The number of carbonyl (C=O) groups excluding carboxylic acids is 2. The van der Waals surface area contributed by atoms with E-state index in [1.54, 1.807) is 4.90 Å².